The molecule has 72 heavy (non-hydrogen) atoms. The van der Waals surface area contributed by atoms with Crippen LogP contribution in [0.4, 0.5) is 0 Å². The fourth-order valence-corrected chi connectivity index (χ4v) is 8.16. The smallest absolute Gasteiger partial charge is 0.462 e. The fraction of sp³-hybridized carbons (Fsp3) is 0.677. The number of allylic oxidation sites excluding steroid dienone is 18. The molecule has 0 aromatic rings. The molecule has 9 nitrogen and oxygen atoms in total. The van der Waals surface area contributed by atoms with E-state index in [0.29, 0.717) is 17.4 Å². The van der Waals surface area contributed by atoms with Crippen LogP contribution >= 0.6 is 7.82 Å². The van der Waals surface area contributed by atoms with E-state index in [9.17, 15) is 19.0 Å². The number of rotatable bonds is 51. The molecule has 0 saturated heterocycles. The molecule has 0 amide bonds. The van der Waals surface area contributed by atoms with E-state index in [0.717, 1.165) is 96.3 Å². The quantitative estimate of drug-likeness (QED) is 0.0211. The number of phosphoric acid groups is 1. The standard InChI is InChI=1S/C62H106NO8P/c1-6-8-10-12-14-15-16-17-18-19-20-21-22-23-24-25-26-27-28-29-30-31-32-33-34-35-36-37-38-39-40-41-42-43-44-45-46-47-49-51-53-55-62(65)71-60(59-70-72(66,67)69-57-56-63(3,4)5)58-68-61(64)54-52-50-48-13-11-9-7-2/h8,10,14-15,17-18,20-21,23-24,26-27,29-30,32-33,35-36,60H,6-7,9,11-13,16,19,22,25,28,31,34,37-59H2,1-5H3/p+1/b10-8-,15-14-,18-17-,21-20-,24-23-,27-26-,30-29-,33-32-,36-35-. The summed E-state index contributed by atoms with van der Waals surface area (Å²) in [5.74, 6) is -0.809. The van der Waals surface area contributed by atoms with Crippen LogP contribution in [0.5, 0.6) is 0 Å². The lowest BCUT2D eigenvalue weighted by molar-refractivity contribution is -0.870. The zero-order valence-corrected chi connectivity index (χ0v) is 47.5. The zero-order valence-electron chi connectivity index (χ0n) is 46.6. The topological polar surface area (TPSA) is 108 Å². The molecular formula is C62H107NO8P+. The van der Waals surface area contributed by atoms with Gasteiger partial charge >= 0.3 is 19.8 Å². The van der Waals surface area contributed by atoms with Gasteiger partial charge in [-0.15, -0.1) is 0 Å². The number of esters is 2. The first-order valence-electron chi connectivity index (χ1n) is 28.6. The highest BCUT2D eigenvalue weighted by molar-refractivity contribution is 7.47. The molecule has 1 N–H and O–H groups in total. The van der Waals surface area contributed by atoms with Gasteiger partial charge in [-0.25, -0.2) is 4.57 Å². The van der Waals surface area contributed by atoms with Gasteiger partial charge in [-0.3, -0.25) is 18.6 Å². The van der Waals surface area contributed by atoms with Crippen molar-refractivity contribution >= 4 is 19.8 Å². The predicted molar refractivity (Wildman–Crippen MR) is 307 cm³/mol. The summed E-state index contributed by atoms with van der Waals surface area (Å²) in [5.41, 5.74) is 0. The van der Waals surface area contributed by atoms with Crippen LogP contribution in [0.15, 0.2) is 109 Å². The maximum absolute atomic E-state index is 12.7. The number of likely N-dealkylation sites (N-methyl/N-ethyl adjacent to an activating group) is 1. The molecular weight excluding hydrogens is 918 g/mol. The van der Waals surface area contributed by atoms with Crippen molar-refractivity contribution in [3.8, 4) is 0 Å². The summed E-state index contributed by atoms with van der Waals surface area (Å²) in [4.78, 5) is 35.3. The first kappa shape index (κ1) is 68.7. The van der Waals surface area contributed by atoms with E-state index in [1.807, 2.05) is 21.1 Å². The highest BCUT2D eigenvalue weighted by atomic mass is 31.2. The predicted octanol–water partition coefficient (Wildman–Crippen LogP) is 17.8. The summed E-state index contributed by atoms with van der Waals surface area (Å²) in [7, 11) is 1.47. The Labute approximate surface area is 442 Å². The first-order chi connectivity index (χ1) is 35.0. The number of carbonyl (C=O) groups excluding carboxylic acids is 2. The van der Waals surface area contributed by atoms with E-state index in [1.165, 1.54) is 89.9 Å². The zero-order chi connectivity index (χ0) is 52.7. The van der Waals surface area contributed by atoms with E-state index >= 15 is 0 Å². The Bertz CT molecular complexity index is 1580. The van der Waals surface area contributed by atoms with Gasteiger partial charge in [0.2, 0.25) is 0 Å². The summed E-state index contributed by atoms with van der Waals surface area (Å²) < 4.78 is 34.3. The SMILES string of the molecule is CC/C=C\C/C=C\C/C=C\C/C=C\C/C=C\C/C=C\C/C=C\C/C=C\C/C=C\CCCCCCCCCCCCCCCC(=O)OC(COC(=O)CCCCCCCCC)COP(=O)(O)OCC[N+](C)(C)C. The molecule has 0 bridgehead atoms. The van der Waals surface area contributed by atoms with Gasteiger partial charge in [-0.05, 0) is 83.5 Å². The van der Waals surface area contributed by atoms with Gasteiger partial charge in [-0.1, -0.05) is 232 Å². The normalized spacial score (nSPS) is 14.1. The number of hydrogen-bond acceptors (Lipinski definition) is 7. The average Bonchev–Trinajstić information content (AvgIpc) is 3.34. The van der Waals surface area contributed by atoms with Gasteiger partial charge in [0.15, 0.2) is 6.10 Å². The van der Waals surface area contributed by atoms with Gasteiger partial charge in [0, 0.05) is 12.8 Å². The molecule has 0 saturated carbocycles. The third kappa shape index (κ3) is 56.0. The molecule has 2 atom stereocenters. The molecule has 0 aromatic carbocycles. The Kier molecular flexibility index (Phi) is 50.1. The molecule has 10 heteroatoms. The van der Waals surface area contributed by atoms with Crippen LogP contribution in [-0.2, 0) is 32.7 Å². The molecule has 2 unspecified atom stereocenters. The lowest BCUT2D eigenvalue weighted by atomic mass is 10.0. The van der Waals surface area contributed by atoms with E-state index in [2.05, 4.69) is 123 Å². The van der Waals surface area contributed by atoms with Gasteiger partial charge in [0.1, 0.15) is 19.8 Å². The van der Waals surface area contributed by atoms with Crippen molar-refractivity contribution in [2.24, 2.45) is 0 Å². The van der Waals surface area contributed by atoms with Crippen molar-refractivity contribution in [3.63, 3.8) is 0 Å². The van der Waals surface area contributed by atoms with Gasteiger partial charge in [0.25, 0.3) is 0 Å². The molecule has 0 radical (unpaired) electrons. The Hall–Kier alpha value is -3.33. The van der Waals surface area contributed by atoms with Crippen molar-refractivity contribution in [2.75, 3.05) is 47.5 Å². The summed E-state index contributed by atoms with van der Waals surface area (Å²) in [5, 5.41) is 0. The largest absolute Gasteiger partial charge is 0.472 e. The van der Waals surface area contributed by atoms with Gasteiger partial charge in [-0.2, -0.15) is 0 Å². The van der Waals surface area contributed by atoms with Crippen molar-refractivity contribution in [2.45, 2.75) is 225 Å². The number of hydrogen-bond donors (Lipinski definition) is 1. The highest BCUT2D eigenvalue weighted by Crippen LogP contribution is 2.43. The second-order valence-corrected chi connectivity index (χ2v) is 21.4. The number of quaternary nitrogens is 1. The van der Waals surface area contributed by atoms with Gasteiger partial charge < -0.3 is 18.9 Å². The first-order valence-corrected chi connectivity index (χ1v) is 30.1. The maximum atomic E-state index is 12.7. The molecule has 0 aliphatic rings. The number of phosphoric ester groups is 1. The van der Waals surface area contributed by atoms with E-state index < -0.39 is 26.5 Å². The Morgan fingerprint density at radius 2 is 0.792 bits per heavy atom. The third-order valence-electron chi connectivity index (χ3n) is 11.8. The average molecular weight is 1030 g/mol. The maximum Gasteiger partial charge on any atom is 0.472 e. The van der Waals surface area contributed by atoms with Crippen LogP contribution in [0.1, 0.15) is 219 Å². The number of carbonyl (C=O) groups is 2. The molecule has 0 aromatic heterocycles. The minimum Gasteiger partial charge on any atom is -0.462 e. The molecule has 0 aliphatic heterocycles. The monoisotopic (exact) mass is 1020 g/mol. The van der Waals surface area contributed by atoms with Crippen molar-refractivity contribution in [1.29, 1.82) is 0 Å². The Morgan fingerprint density at radius 1 is 0.444 bits per heavy atom. The molecule has 0 spiro atoms. The Morgan fingerprint density at radius 3 is 1.18 bits per heavy atom. The molecule has 0 fully saturated rings. The fourth-order valence-electron chi connectivity index (χ4n) is 7.42. The van der Waals surface area contributed by atoms with Crippen LogP contribution in [0.3, 0.4) is 0 Å². The summed E-state index contributed by atoms with van der Waals surface area (Å²) >= 11 is 0. The summed E-state index contributed by atoms with van der Waals surface area (Å²) in [6.45, 7) is 4.25. The summed E-state index contributed by atoms with van der Waals surface area (Å²) in [6, 6.07) is 0. The van der Waals surface area contributed by atoms with Crippen LogP contribution < -0.4 is 0 Å². The molecule has 0 heterocycles. The highest BCUT2D eigenvalue weighted by Gasteiger charge is 2.27. The van der Waals surface area contributed by atoms with Crippen LogP contribution in [0.2, 0.25) is 0 Å². The number of ether oxygens (including phenoxy) is 2. The second kappa shape index (κ2) is 52.5. The van der Waals surface area contributed by atoms with E-state index in [4.69, 9.17) is 18.5 Å². The Balaban J connectivity index is 3.93. The van der Waals surface area contributed by atoms with Crippen molar-refractivity contribution < 1.29 is 42.1 Å². The summed E-state index contributed by atoms with van der Waals surface area (Å²) in [6.07, 6.45) is 73.4. The van der Waals surface area contributed by atoms with Crippen LogP contribution in [0.25, 0.3) is 0 Å². The van der Waals surface area contributed by atoms with Gasteiger partial charge in [0.05, 0.1) is 27.7 Å². The number of unbranched alkanes of at least 4 members (excludes halogenated alkanes) is 19. The lowest BCUT2D eigenvalue weighted by Gasteiger charge is -2.24. The van der Waals surface area contributed by atoms with Crippen LogP contribution in [-0.4, -0.2) is 74.9 Å². The second-order valence-electron chi connectivity index (χ2n) is 19.9. The number of nitrogens with zero attached hydrogens (tertiary/aromatic N) is 1. The van der Waals surface area contributed by atoms with Crippen molar-refractivity contribution in [1.82, 2.24) is 0 Å². The minimum atomic E-state index is -4.38. The molecule has 412 valence electrons. The van der Waals surface area contributed by atoms with E-state index in [-0.39, 0.29) is 32.0 Å². The molecule has 0 aliphatic carbocycles. The lowest BCUT2D eigenvalue weighted by Crippen LogP contribution is -2.37. The molecule has 0 rings (SSSR count). The van der Waals surface area contributed by atoms with Crippen molar-refractivity contribution in [3.05, 3.63) is 109 Å². The van der Waals surface area contributed by atoms with E-state index in [1.54, 1.807) is 0 Å². The third-order valence-corrected chi connectivity index (χ3v) is 12.8. The minimum absolute atomic E-state index is 0.0289. The van der Waals surface area contributed by atoms with Crippen LogP contribution in [0, 0.1) is 0 Å².